The van der Waals surface area contributed by atoms with Crippen molar-refractivity contribution in [1.82, 2.24) is 20.0 Å². The fourth-order valence-corrected chi connectivity index (χ4v) is 8.39. The molecule has 2 aromatic rings. The fraction of sp³-hybridized carbons (Fsp3) is 0.500. The van der Waals surface area contributed by atoms with E-state index >= 15 is 0 Å². The van der Waals surface area contributed by atoms with Crippen molar-refractivity contribution < 1.29 is 38.5 Å². The second kappa shape index (κ2) is 17.0. The Morgan fingerprint density at radius 2 is 1.73 bits per heavy atom. The number of morpholine rings is 1. The third kappa shape index (κ3) is 7.57. The minimum Gasteiger partial charge on any atom is -0.463 e. The Morgan fingerprint density at radius 3 is 2.38 bits per heavy atom. The highest BCUT2D eigenvalue weighted by Gasteiger charge is 2.75. The Labute approximate surface area is 305 Å². The Kier molecular flexibility index (Phi) is 12.2. The standard InChI is InChI=1S/C40H50N4O8/c1-3-5-16-33(46)51-27-30(28-12-8-6-9-13-28)41-37(47)34-32-17-18-40(52-32)35(34)38(48)44(31(26-45)29-14-10-7-11-15-29)36(40)39(49)43(19-4-2)21-20-42-22-24-50-25-23-42/h3-4,6-15,30-32,34-36,45H,1-2,5,16-27H2,(H,41,47)/t30-,31-,32-,34+,35+,36-,40+/m1/s1. The van der Waals surface area contributed by atoms with E-state index in [0.29, 0.717) is 51.1 Å². The van der Waals surface area contributed by atoms with Gasteiger partial charge >= 0.3 is 5.97 Å². The molecule has 4 fully saturated rings. The molecule has 2 aromatic carbocycles. The molecule has 4 aliphatic heterocycles. The zero-order valence-electron chi connectivity index (χ0n) is 29.6. The molecule has 2 N–H and O–H groups in total. The maximum Gasteiger partial charge on any atom is 0.306 e. The van der Waals surface area contributed by atoms with Gasteiger partial charge in [0.25, 0.3) is 0 Å². The summed E-state index contributed by atoms with van der Waals surface area (Å²) in [7, 11) is 0. The van der Waals surface area contributed by atoms with Crippen LogP contribution < -0.4 is 5.32 Å². The fourth-order valence-electron chi connectivity index (χ4n) is 8.39. The lowest BCUT2D eigenvalue weighted by Crippen LogP contribution is -2.58. The number of allylic oxidation sites excluding steroid dienone is 1. The molecule has 1 spiro atoms. The number of carbonyl (C=O) groups is 4. The molecule has 0 unspecified atom stereocenters. The zero-order chi connectivity index (χ0) is 36.7. The number of aliphatic hydroxyl groups is 1. The van der Waals surface area contributed by atoms with E-state index in [1.54, 1.807) is 17.1 Å². The van der Waals surface area contributed by atoms with Crippen LogP contribution in [0.15, 0.2) is 86.0 Å². The van der Waals surface area contributed by atoms with Crippen molar-refractivity contribution >= 4 is 23.7 Å². The first kappa shape index (κ1) is 37.4. The SMILES string of the molecule is C=CCCC(=O)OC[C@@H](NC(=O)[C@@H]1[C@H]2C(=O)N([C@H](CO)c3ccccc3)[C@H](C(=O)N(CC=C)CCN3CCOCC3)[C@]23CC[C@H]1O3)c1ccccc1. The second-order valence-electron chi connectivity index (χ2n) is 13.9. The number of benzene rings is 2. The van der Waals surface area contributed by atoms with Crippen LogP contribution in [0.2, 0.25) is 0 Å². The number of hydrogen-bond donors (Lipinski definition) is 2. The van der Waals surface area contributed by atoms with Crippen molar-refractivity contribution in [1.29, 1.82) is 0 Å². The predicted molar refractivity (Wildman–Crippen MR) is 192 cm³/mol. The molecule has 7 atom stereocenters. The van der Waals surface area contributed by atoms with Crippen LogP contribution in [0, 0.1) is 11.8 Å². The van der Waals surface area contributed by atoms with Crippen LogP contribution in [-0.2, 0) is 33.4 Å². The molecule has 4 heterocycles. The summed E-state index contributed by atoms with van der Waals surface area (Å²) in [6.07, 6.45) is 4.25. The van der Waals surface area contributed by atoms with Gasteiger partial charge in [-0.3, -0.25) is 24.1 Å². The maximum absolute atomic E-state index is 14.9. The molecular weight excluding hydrogens is 664 g/mol. The van der Waals surface area contributed by atoms with Crippen LogP contribution in [0.4, 0.5) is 0 Å². The van der Waals surface area contributed by atoms with Crippen molar-refractivity contribution in [3.8, 4) is 0 Å². The van der Waals surface area contributed by atoms with Gasteiger partial charge in [-0.25, -0.2) is 0 Å². The summed E-state index contributed by atoms with van der Waals surface area (Å²) < 4.78 is 17.8. The van der Waals surface area contributed by atoms with Gasteiger partial charge in [0.2, 0.25) is 17.7 Å². The van der Waals surface area contributed by atoms with Crippen LogP contribution >= 0.6 is 0 Å². The van der Waals surface area contributed by atoms with Crippen LogP contribution in [0.5, 0.6) is 0 Å². The molecule has 0 saturated carbocycles. The van der Waals surface area contributed by atoms with Crippen molar-refractivity contribution in [2.45, 2.75) is 55.5 Å². The Balaban J connectivity index is 1.32. The monoisotopic (exact) mass is 714 g/mol. The molecule has 52 heavy (non-hydrogen) atoms. The quantitative estimate of drug-likeness (QED) is 0.187. The minimum atomic E-state index is -1.28. The third-order valence-corrected chi connectivity index (χ3v) is 10.9. The number of carbonyl (C=O) groups excluding carboxylic acids is 4. The summed E-state index contributed by atoms with van der Waals surface area (Å²) in [5.41, 5.74) is 0.137. The Bertz CT molecular complexity index is 1580. The molecule has 3 amide bonds. The summed E-state index contributed by atoms with van der Waals surface area (Å²) in [5.74, 6) is -3.38. The highest BCUT2D eigenvalue weighted by molar-refractivity contribution is 5.99. The van der Waals surface area contributed by atoms with Gasteiger partial charge in [0, 0.05) is 39.1 Å². The van der Waals surface area contributed by atoms with Crippen molar-refractivity contribution in [3.05, 3.63) is 97.1 Å². The molecule has 2 bridgehead atoms. The number of fused-ring (bicyclic) bond motifs is 1. The van der Waals surface area contributed by atoms with Crippen LogP contribution in [0.3, 0.4) is 0 Å². The van der Waals surface area contributed by atoms with Gasteiger partial charge in [-0.05, 0) is 30.4 Å². The number of esters is 1. The van der Waals surface area contributed by atoms with Crippen LogP contribution in [-0.4, -0.2) is 120 Å². The first-order valence-electron chi connectivity index (χ1n) is 18.3. The number of hydrogen-bond acceptors (Lipinski definition) is 9. The van der Waals surface area contributed by atoms with Crippen molar-refractivity contribution in [3.63, 3.8) is 0 Å². The normalized spacial score (nSPS) is 26.3. The van der Waals surface area contributed by atoms with Crippen LogP contribution in [0.25, 0.3) is 0 Å². The van der Waals surface area contributed by atoms with Gasteiger partial charge in [0.05, 0.1) is 49.8 Å². The lowest BCUT2D eigenvalue weighted by Gasteiger charge is -2.40. The van der Waals surface area contributed by atoms with Gasteiger partial charge in [-0.15, -0.1) is 13.2 Å². The minimum absolute atomic E-state index is 0.0960. The number of nitrogens with zero attached hydrogens (tertiary/aromatic N) is 3. The molecule has 0 aliphatic carbocycles. The van der Waals surface area contributed by atoms with E-state index in [9.17, 15) is 24.3 Å². The molecule has 4 aliphatic rings. The molecule has 4 saturated heterocycles. The molecule has 12 nitrogen and oxygen atoms in total. The molecule has 12 heteroatoms. The molecular formula is C40H50N4O8. The van der Waals surface area contributed by atoms with Gasteiger partial charge in [0.15, 0.2) is 0 Å². The smallest absolute Gasteiger partial charge is 0.306 e. The first-order valence-corrected chi connectivity index (χ1v) is 18.3. The zero-order valence-corrected chi connectivity index (χ0v) is 29.6. The maximum atomic E-state index is 14.9. The van der Waals surface area contributed by atoms with E-state index in [0.717, 1.165) is 18.7 Å². The average molecular weight is 715 g/mol. The van der Waals surface area contributed by atoms with E-state index in [2.05, 4.69) is 23.4 Å². The molecule has 0 radical (unpaired) electrons. The Hall–Kier alpha value is -4.36. The topological polar surface area (TPSA) is 138 Å². The number of likely N-dealkylation sites (tertiary alicyclic amines) is 1. The third-order valence-electron chi connectivity index (χ3n) is 10.9. The van der Waals surface area contributed by atoms with E-state index < -0.39 is 66.1 Å². The highest BCUT2D eigenvalue weighted by Crippen LogP contribution is 2.60. The average Bonchev–Trinajstić information content (AvgIpc) is 3.83. The van der Waals surface area contributed by atoms with E-state index in [1.807, 2.05) is 60.7 Å². The number of amides is 3. The molecule has 0 aromatic heterocycles. The molecule has 278 valence electrons. The Morgan fingerprint density at radius 1 is 1.04 bits per heavy atom. The first-order chi connectivity index (χ1) is 25.3. The van der Waals surface area contributed by atoms with Crippen molar-refractivity contribution in [2.24, 2.45) is 11.8 Å². The molecule has 6 rings (SSSR count). The predicted octanol–water partition coefficient (Wildman–Crippen LogP) is 2.81. The highest BCUT2D eigenvalue weighted by atomic mass is 16.5. The summed E-state index contributed by atoms with van der Waals surface area (Å²) in [6, 6.07) is 15.8. The number of nitrogens with one attached hydrogen (secondary N) is 1. The van der Waals surface area contributed by atoms with Crippen LogP contribution in [0.1, 0.15) is 48.9 Å². The lowest BCUT2D eigenvalue weighted by molar-refractivity contribution is -0.151. The summed E-state index contributed by atoms with van der Waals surface area (Å²) >= 11 is 0. The van der Waals surface area contributed by atoms with Gasteiger partial charge in [-0.2, -0.15) is 0 Å². The van der Waals surface area contributed by atoms with E-state index in [1.165, 1.54) is 4.90 Å². The van der Waals surface area contributed by atoms with Gasteiger partial charge in [0.1, 0.15) is 18.2 Å². The van der Waals surface area contributed by atoms with Gasteiger partial charge in [-0.1, -0.05) is 72.8 Å². The largest absolute Gasteiger partial charge is 0.463 e. The summed E-state index contributed by atoms with van der Waals surface area (Å²) in [4.78, 5) is 62.1. The lowest BCUT2D eigenvalue weighted by atomic mass is 9.70. The van der Waals surface area contributed by atoms with Crippen molar-refractivity contribution in [2.75, 3.05) is 59.2 Å². The van der Waals surface area contributed by atoms with E-state index in [4.69, 9.17) is 14.2 Å². The van der Waals surface area contributed by atoms with Gasteiger partial charge < -0.3 is 34.4 Å². The number of ether oxygens (including phenoxy) is 3. The summed E-state index contributed by atoms with van der Waals surface area (Å²) in [6.45, 7) is 11.1. The second-order valence-corrected chi connectivity index (χ2v) is 13.9. The van der Waals surface area contributed by atoms with E-state index in [-0.39, 0.29) is 25.5 Å². The summed E-state index contributed by atoms with van der Waals surface area (Å²) in [5, 5.41) is 13.9. The number of aliphatic hydroxyl groups excluding tert-OH is 1. The number of rotatable bonds is 17.